The largest absolute Gasteiger partial charge is 0.383 e. The third-order valence-corrected chi connectivity index (χ3v) is 3.19. The van der Waals surface area contributed by atoms with Gasteiger partial charge in [-0.1, -0.05) is 0 Å². The Balaban J connectivity index is 2.34. The molecule has 0 aromatic heterocycles. The first-order valence-electron chi connectivity index (χ1n) is 6.85. The van der Waals surface area contributed by atoms with E-state index in [0.29, 0.717) is 38.8 Å². The highest BCUT2D eigenvalue weighted by Gasteiger charge is 2.20. The first-order valence-corrected chi connectivity index (χ1v) is 6.85. The summed E-state index contributed by atoms with van der Waals surface area (Å²) in [4.78, 5) is 14.0. The van der Waals surface area contributed by atoms with Gasteiger partial charge in [0.05, 0.1) is 19.6 Å². The van der Waals surface area contributed by atoms with E-state index in [1.165, 1.54) is 6.42 Å². The van der Waals surface area contributed by atoms with Crippen molar-refractivity contribution in [2.24, 2.45) is 0 Å². The predicted molar refractivity (Wildman–Crippen MR) is 70.6 cm³/mol. The summed E-state index contributed by atoms with van der Waals surface area (Å²) in [6.45, 7) is 6.22. The van der Waals surface area contributed by atoms with Crippen LogP contribution in [0.25, 0.3) is 0 Å². The number of carbonyl (C=O) groups is 1. The number of rotatable bonds is 9. The Bertz CT molecular complexity index is 230. The first kappa shape index (κ1) is 15.4. The summed E-state index contributed by atoms with van der Waals surface area (Å²) >= 11 is 0. The fourth-order valence-electron chi connectivity index (χ4n) is 2.16. The van der Waals surface area contributed by atoms with Crippen LogP contribution in [0.1, 0.15) is 26.2 Å². The van der Waals surface area contributed by atoms with Crippen molar-refractivity contribution in [2.75, 3.05) is 46.6 Å². The highest BCUT2D eigenvalue weighted by atomic mass is 16.5. The molecular weight excluding hydrogens is 232 g/mol. The second kappa shape index (κ2) is 9.30. The van der Waals surface area contributed by atoms with Gasteiger partial charge in [-0.05, 0) is 26.3 Å². The smallest absolute Gasteiger partial charge is 0.225 e. The van der Waals surface area contributed by atoms with E-state index in [4.69, 9.17) is 9.47 Å². The van der Waals surface area contributed by atoms with Crippen LogP contribution in [0.4, 0.5) is 0 Å². The van der Waals surface area contributed by atoms with Gasteiger partial charge in [-0.25, -0.2) is 0 Å². The van der Waals surface area contributed by atoms with E-state index in [1.807, 2.05) is 11.8 Å². The van der Waals surface area contributed by atoms with Crippen LogP contribution in [0.15, 0.2) is 0 Å². The zero-order chi connectivity index (χ0) is 13.2. The maximum absolute atomic E-state index is 12.1. The van der Waals surface area contributed by atoms with Crippen molar-refractivity contribution in [1.29, 1.82) is 0 Å². The van der Waals surface area contributed by atoms with Crippen molar-refractivity contribution in [3.63, 3.8) is 0 Å². The summed E-state index contributed by atoms with van der Waals surface area (Å²) in [5.41, 5.74) is 0. The number of hydrogen-bond donors (Lipinski definition) is 1. The van der Waals surface area contributed by atoms with Gasteiger partial charge in [0.25, 0.3) is 0 Å². The molecule has 1 amide bonds. The van der Waals surface area contributed by atoms with Gasteiger partial charge in [0.15, 0.2) is 0 Å². The van der Waals surface area contributed by atoms with Crippen LogP contribution in [0, 0.1) is 0 Å². The number of methoxy groups -OCH3 is 1. The predicted octanol–water partition coefficient (Wildman–Crippen LogP) is 0.640. The lowest BCUT2D eigenvalue weighted by molar-refractivity contribution is -0.133. The number of nitrogens with zero attached hydrogens (tertiary/aromatic N) is 1. The van der Waals surface area contributed by atoms with Crippen LogP contribution in [0.3, 0.4) is 0 Å². The molecule has 0 aliphatic carbocycles. The van der Waals surface area contributed by atoms with Gasteiger partial charge in [-0.2, -0.15) is 0 Å². The van der Waals surface area contributed by atoms with Gasteiger partial charge < -0.3 is 19.7 Å². The number of carbonyl (C=O) groups excluding carboxylic acids is 1. The Morgan fingerprint density at radius 1 is 1.44 bits per heavy atom. The molecule has 18 heavy (non-hydrogen) atoms. The van der Waals surface area contributed by atoms with Crippen molar-refractivity contribution in [1.82, 2.24) is 10.2 Å². The molecule has 106 valence electrons. The molecule has 1 atom stereocenters. The Morgan fingerprint density at radius 3 is 2.89 bits per heavy atom. The molecule has 1 saturated heterocycles. The monoisotopic (exact) mass is 258 g/mol. The van der Waals surface area contributed by atoms with E-state index >= 15 is 0 Å². The molecule has 0 saturated carbocycles. The second-order valence-electron chi connectivity index (χ2n) is 4.57. The van der Waals surface area contributed by atoms with Crippen molar-refractivity contribution in [3.8, 4) is 0 Å². The van der Waals surface area contributed by atoms with E-state index in [1.54, 1.807) is 7.11 Å². The number of nitrogens with one attached hydrogen (secondary N) is 1. The van der Waals surface area contributed by atoms with Crippen LogP contribution in [0.5, 0.6) is 0 Å². The highest BCUT2D eigenvalue weighted by Crippen LogP contribution is 2.08. The Labute approximate surface area is 110 Å². The maximum atomic E-state index is 12.1. The molecule has 0 aromatic rings. The Kier molecular flexibility index (Phi) is 7.96. The normalized spacial score (nSPS) is 19.1. The quantitative estimate of drug-likeness (QED) is 0.617. The molecule has 1 heterocycles. The van der Waals surface area contributed by atoms with Crippen LogP contribution in [-0.4, -0.2) is 63.4 Å². The molecule has 0 spiro atoms. The third kappa shape index (κ3) is 5.80. The molecular formula is C13H26N2O3. The fourth-order valence-corrected chi connectivity index (χ4v) is 2.16. The minimum Gasteiger partial charge on any atom is -0.383 e. The molecule has 1 rings (SSSR count). The average Bonchev–Trinajstić information content (AvgIpc) is 2.87. The average molecular weight is 258 g/mol. The van der Waals surface area contributed by atoms with Crippen molar-refractivity contribution >= 4 is 5.91 Å². The van der Waals surface area contributed by atoms with Crippen LogP contribution >= 0.6 is 0 Å². The van der Waals surface area contributed by atoms with Gasteiger partial charge in [-0.3, -0.25) is 4.79 Å². The molecule has 1 fully saturated rings. The standard InChI is InChI=1S/C13H26N2O3/c1-3-18-9-6-13(16)15(8-10-17-2)11-12-5-4-7-14-12/h12,14H,3-11H2,1-2H3. The molecule has 1 aliphatic rings. The highest BCUT2D eigenvalue weighted by molar-refractivity contribution is 5.76. The number of hydrogen-bond acceptors (Lipinski definition) is 4. The van der Waals surface area contributed by atoms with Gasteiger partial charge >= 0.3 is 0 Å². The van der Waals surface area contributed by atoms with E-state index < -0.39 is 0 Å². The minimum atomic E-state index is 0.161. The van der Waals surface area contributed by atoms with Crippen LogP contribution in [0.2, 0.25) is 0 Å². The summed E-state index contributed by atoms with van der Waals surface area (Å²) in [5, 5.41) is 3.42. The number of amides is 1. The molecule has 1 N–H and O–H groups in total. The van der Waals surface area contributed by atoms with Crippen LogP contribution in [-0.2, 0) is 14.3 Å². The lowest BCUT2D eigenvalue weighted by Crippen LogP contribution is -2.43. The van der Waals surface area contributed by atoms with E-state index in [-0.39, 0.29) is 5.91 Å². The van der Waals surface area contributed by atoms with Gasteiger partial charge in [0.2, 0.25) is 5.91 Å². The van der Waals surface area contributed by atoms with Crippen molar-refractivity contribution in [3.05, 3.63) is 0 Å². The van der Waals surface area contributed by atoms with E-state index in [0.717, 1.165) is 19.5 Å². The van der Waals surface area contributed by atoms with Gasteiger partial charge in [0, 0.05) is 32.8 Å². The molecule has 0 bridgehead atoms. The summed E-state index contributed by atoms with van der Waals surface area (Å²) in [7, 11) is 1.66. The van der Waals surface area contributed by atoms with Gasteiger partial charge in [0.1, 0.15) is 0 Å². The molecule has 5 nitrogen and oxygen atoms in total. The zero-order valence-corrected chi connectivity index (χ0v) is 11.6. The summed E-state index contributed by atoms with van der Waals surface area (Å²) in [6.07, 6.45) is 2.82. The molecule has 0 radical (unpaired) electrons. The molecule has 5 heteroatoms. The third-order valence-electron chi connectivity index (χ3n) is 3.19. The lowest BCUT2D eigenvalue weighted by atomic mass is 10.2. The minimum absolute atomic E-state index is 0.161. The fraction of sp³-hybridized carbons (Fsp3) is 0.923. The molecule has 1 unspecified atom stereocenters. The van der Waals surface area contributed by atoms with Crippen molar-refractivity contribution in [2.45, 2.75) is 32.2 Å². The first-order chi connectivity index (χ1) is 8.77. The summed E-state index contributed by atoms with van der Waals surface area (Å²) < 4.78 is 10.3. The maximum Gasteiger partial charge on any atom is 0.225 e. The zero-order valence-electron chi connectivity index (χ0n) is 11.6. The summed E-state index contributed by atoms with van der Waals surface area (Å²) in [5.74, 6) is 0.161. The van der Waals surface area contributed by atoms with Gasteiger partial charge in [-0.15, -0.1) is 0 Å². The lowest BCUT2D eigenvalue weighted by Gasteiger charge is -2.25. The Hall–Kier alpha value is -0.650. The van der Waals surface area contributed by atoms with E-state index in [2.05, 4.69) is 5.32 Å². The summed E-state index contributed by atoms with van der Waals surface area (Å²) in [6, 6.07) is 0.442. The SMILES string of the molecule is CCOCCC(=O)N(CCOC)CC1CCCN1. The number of ether oxygens (including phenoxy) is 2. The second-order valence-corrected chi connectivity index (χ2v) is 4.57. The molecule has 1 aliphatic heterocycles. The topological polar surface area (TPSA) is 50.8 Å². The Morgan fingerprint density at radius 2 is 2.28 bits per heavy atom. The van der Waals surface area contributed by atoms with Crippen molar-refractivity contribution < 1.29 is 14.3 Å². The molecule has 0 aromatic carbocycles. The van der Waals surface area contributed by atoms with E-state index in [9.17, 15) is 4.79 Å². The van der Waals surface area contributed by atoms with Crippen LogP contribution < -0.4 is 5.32 Å².